The fourth-order valence-corrected chi connectivity index (χ4v) is 2.82. The van der Waals surface area contributed by atoms with E-state index >= 15 is 0 Å². The smallest absolute Gasteiger partial charge is 0.168 e. The molecule has 5 nitrogen and oxygen atoms in total. The molecule has 5 heteroatoms. The van der Waals surface area contributed by atoms with E-state index in [1.54, 1.807) is 0 Å². The largest absolute Gasteiger partial charge is 0.339 e. The van der Waals surface area contributed by atoms with Gasteiger partial charge in [-0.1, -0.05) is 37.3 Å². The monoisotopic (exact) mass is 329 g/mol. The lowest BCUT2D eigenvalue weighted by molar-refractivity contribution is 0.878. The van der Waals surface area contributed by atoms with E-state index in [1.807, 2.05) is 53.3 Å². The number of benzene rings is 2. The van der Waals surface area contributed by atoms with Crippen molar-refractivity contribution < 1.29 is 0 Å². The molecule has 1 N–H and O–H groups in total. The Morgan fingerprint density at radius 2 is 1.84 bits per heavy atom. The predicted octanol–water partition coefficient (Wildman–Crippen LogP) is 4.43. The van der Waals surface area contributed by atoms with Gasteiger partial charge in [0.25, 0.3) is 0 Å². The molecule has 2 aromatic heterocycles. The normalized spacial score (nSPS) is 11.0. The number of fused-ring (bicyclic) bond motifs is 1. The van der Waals surface area contributed by atoms with Crippen LogP contribution in [0.2, 0.25) is 0 Å². The quantitative estimate of drug-likeness (QED) is 0.602. The molecular formula is C20H19N5. The number of hydrogen-bond acceptors (Lipinski definition) is 4. The number of nitrogens with zero attached hydrogens (tertiary/aromatic N) is 4. The van der Waals surface area contributed by atoms with Gasteiger partial charge in [-0.2, -0.15) is 5.10 Å². The lowest BCUT2D eigenvalue weighted by Crippen LogP contribution is -2.03. The van der Waals surface area contributed by atoms with Crippen LogP contribution in [-0.4, -0.2) is 19.7 Å². The molecule has 25 heavy (non-hydrogen) atoms. The molecule has 2 heterocycles. The second-order valence-electron chi connectivity index (χ2n) is 5.97. The first-order valence-corrected chi connectivity index (χ1v) is 8.38. The molecule has 0 aliphatic heterocycles. The lowest BCUT2D eigenvalue weighted by Gasteiger charge is -2.10. The van der Waals surface area contributed by atoms with E-state index in [0.717, 1.165) is 40.5 Å². The zero-order valence-corrected chi connectivity index (χ0v) is 14.3. The van der Waals surface area contributed by atoms with Gasteiger partial charge in [0.1, 0.15) is 11.6 Å². The van der Waals surface area contributed by atoms with Crippen LogP contribution in [0.3, 0.4) is 0 Å². The molecule has 4 aromatic rings. The van der Waals surface area contributed by atoms with Gasteiger partial charge in [-0.25, -0.2) is 14.6 Å². The molecule has 0 saturated heterocycles. The highest BCUT2D eigenvalue weighted by Gasteiger charge is 2.13. The van der Waals surface area contributed by atoms with E-state index in [2.05, 4.69) is 41.4 Å². The first kappa shape index (κ1) is 15.3. The van der Waals surface area contributed by atoms with E-state index in [-0.39, 0.29) is 0 Å². The zero-order chi connectivity index (χ0) is 17.2. The highest BCUT2D eigenvalue weighted by molar-refractivity contribution is 5.89. The predicted molar refractivity (Wildman–Crippen MR) is 100 cm³/mol. The zero-order valence-electron chi connectivity index (χ0n) is 14.3. The maximum Gasteiger partial charge on any atom is 0.168 e. The molecule has 0 atom stereocenters. The molecule has 0 spiro atoms. The molecule has 0 fully saturated rings. The van der Waals surface area contributed by atoms with Crippen molar-refractivity contribution >= 4 is 22.5 Å². The number of hydrogen-bond donors (Lipinski definition) is 1. The summed E-state index contributed by atoms with van der Waals surface area (Å²) in [6.07, 6.45) is 2.58. The topological polar surface area (TPSA) is 55.6 Å². The number of nitrogens with one attached hydrogen (secondary N) is 1. The Labute approximate surface area is 146 Å². The summed E-state index contributed by atoms with van der Waals surface area (Å²) in [4.78, 5) is 9.38. The number of para-hydroxylation sites is 1. The van der Waals surface area contributed by atoms with Gasteiger partial charge in [-0.15, -0.1) is 0 Å². The summed E-state index contributed by atoms with van der Waals surface area (Å²) in [5.41, 5.74) is 4.01. The maximum atomic E-state index is 4.70. The number of aryl methyl sites for hydroxylation is 2. The molecular weight excluding hydrogens is 310 g/mol. The Morgan fingerprint density at radius 1 is 1.00 bits per heavy atom. The highest BCUT2D eigenvalue weighted by atomic mass is 15.3. The number of aromatic nitrogens is 4. The maximum absolute atomic E-state index is 4.70. The van der Waals surface area contributed by atoms with E-state index < -0.39 is 0 Å². The molecule has 0 aliphatic carbocycles. The molecule has 0 unspecified atom stereocenters. The van der Waals surface area contributed by atoms with Crippen LogP contribution >= 0.6 is 0 Å². The average Bonchev–Trinajstić information content (AvgIpc) is 3.06. The standard InChI is InChI=1S/C20H19N5/c1-3-18-23-19(22-15-9-7-8-14(2)12-15)17-13-21-25(20(17)24-18)16-10-5-4-6-11-16/h4-13H,3H2,1-2H3,(H,22,23,24). The third kappa shape index (κ3) is 2.96. The Kier molecular flexibility index (Phi) is 3.90. The van der Waals surface area contributed by atoms with Crippen molar-refractivity contribution in [1.29, 1.82) is 0 Å². The minimum Gasteiger partial charge on any atom is -0.339 e. The average molecular weight is 329 g/mol. The van der Waals surface area contributed by atoms with E-state index in [0.29, 0.717) is 0 Å². The molecule has 124 valence electrons. The fraction of sp³-hybridized carbons (Fsp3) is 0.150. The van der Waals surface area contributed by atoms with Crippen molar-refractivity contribution in [2.75, 3.05) is 5.32 Å². The van der Waals surface area contributed by atoms with Crippen LogP contribution in [0.15, 0.2) is 60.8 Å². The Morgan fingerprint density at radius 3 is 2.60 bits per heavy atom. The van der Waals surface area contributed by atoms with Crippen molar-refractivity contribution in [3.05, 3.63) is 72.2 Å². The van der Waals surface area contributed by atoms with Crippen LogP contribution in [0.4, 0.5) is 11.5 Å². The third-order valence-corrected chi connectivity index (χ3v) is 4.07. The molecule has 0 radical (unpaired) electrons. The van der Waals surface area contributed by atoms with E-state index in [1.165, 1.54) is 5.56 Å². The molecule has 0 amide bonds. The first-order valence-electron chi connectivity index (χ1n) is 8.38. The minimum atomic E-state index is 0.762. The molecule has 0 bridgehead atoms. The van der Waals surface area contributed by atoms with Crippen LogP contribution in [-0.2, 0) is 6.42 Å². The van der Waals surface area contributed by atoms with Gasteiger partial charge in [0, 0.05) is 12.1 Å². The highest BCUT2D eigenvalue weighted by Crippen LogP contribution is 2.26. The summed E-state index contributed by atoms with van der Waals surface area (Å²) >= 11 is 0. The summed E-state index contributed by atoms with van der Waals surface area (Å²) in [5.74, 6) is 1.58. The Bertz CT molecular complexity index is 1020. The molecule has 4 rings (SSSR count). The van der Waals surface area contributed by atoms with Gasteiger partial charge in [0.2, 0.25) is 0 Å². The van der Waals surface area contributed by atoms with Gasteiger partial charge in [-0.05, 0) is 36.8 Å². The summed E-state index contributed by atoms with van der Waals surface area (Å²) in [6.45, 7) is 4.13. The van der Waals surface area contributed by atoms with Crippen LogP contribution in [0.1, 0.15) is 18.3 Å². The van der Waals surface area contributed by atoms with Gasteiger partial charge in [-0.3, -0.25) is 0 Å². The van der Waals surface area contributed by atoms with Crippen LogP contribution in [0, 0.1) is 6.92 Å². The van der Waals surface area contributed by atoms with Crippen molar-refractivity contribution in [3.63, 3.8) is 0 Å². The van der Waals surface area contributed by atoms with E-state index in [4.69, 9.17) is 4.98 Å². The first-order chi connectivity index (χ1) is 12.2. The van der Waals surface area contributed by atoms with Crippen LogP contribution < -0.4 is 5.32 Å². The van der Waals surface area contributed by atoms with Gasteiger partial charge >= 0.3 is 0 Å². The Balaban J connectivity index is 1.86. The fourth-order valence-electron chi connectivity index (χ4n) is 2.82. The second kappa shape index (κ2) is 6.36. The van der Waals surface area contributed by atoms with Gasteiger partial charge < -0.3 is 5.32 Å². The van der Waals surface area contributed by atoms with Gasteiger partial charge in [0.05, 0.1) is 17.3 Å². The Hall–Kier alpha value is -3.21. The van der Waals surface area contributed by atoms with Gasteiger partial charge in [0.15, 0.2) is 5.65 Å². The lowest BCUT2D eigenvalue weighted by atomic mass is 10.2. The summed E-state index contributed by atoms with van der Waals surface area (Å²) in [5, 5.41) is 8.86. The molecule has 0 aliphatic rings. The molecule has 0 saturated carbocycles. The summed E-state index contributed by atoms with van der Waals surface area (Å²) < 4.78 is 1.86. The third-order valence-electron chi connectivity index (χ3n) is 4.07. The van der Waals surface area contributed by atoms with Crippen LogP contribution in [0.25, 0.3) is 16.7 Å². The summed E-state index contributed by atoms with van der Waals surface area (Å²) in [6, 6.07) is 18.3. The van der Waals surface area contributed by atoms with Crippen LogP contribution in [0.5, 0.6) is 0 Å². The SMILES string of the molecule is CCc1nc(Nc2cccc(C)c2)c2cnn(-c3ccccc3)c2n1. The van der Waals surface area contributed by atoms with E-state index in [9.17, 15) is 0 Å². The number of rotatable bonds is 4. The summed E-state index contributed by atoms with van der Waals surface area (Å²) in [7, 11) is 0. The minimum absolute atomic E-state index is 0.762. The second-order valence-corrected chi connectivity index (χ2v) is 5.97. The van der Waals surface area contributed by atoms with Crippen molar-refractivity contribution in [1.82, 2.24) is 19.7 Å². The van der Waals surface area contributed by atoms with Crippen molar-refractivity contribution in [2.24, 2.45) is 0 Å². The van der Waals surface area contributed by atoms with Crippen molar-refractivity contribution in [3.8, 4) is 5.69 Å². The molecule has 2 aromatic carbocycles. The number of anilines is 2. The van der Waals surface area contributed by atoms with Crippen molar-refractivity contribution in [2.45, 2.75) is 20.3 Å².